The van der Waals surface area contributed by atoms with Gasteiger partial charge in [-0.25, -0.2) is 4.79 Å². The zero-order valence-electron chi connectivity index (χ0n) is 9.44. The van der Waals surface area contributed by atoms with Crippen LogP contribution in [-0.2, 0) is 4.74 Å². The normalized spacial score (nSPS) is 9.94. The van der Waals surface area contributed by atoms with Crippen molar-refractivity contribution in [1.29, 1.82) is 0 Å². The van der Waals surface area contributed by atoms with Crippen LogP contribution in [0.4, 0.5) is 0 Å². The lowest BCUT2D eigenvalue weighted by Crippen LogP contribution is -2.31. The Bertz CT molecular complexity index is 421. The molecule has 7 heteroatoms. The van der Waals surface area contributed by atoms with E-state index in [2.05, 4.69) is 0 Å². The lowest BCUT2D eigenvalue weighted by atomic mass is 9.79. The monoisotopic (exact) mass is 258 g/mol. The zero-order valence-corrected chi connectivity index (χ0v) is 10.2. The number of benzene rings is 1. The second-order valence-corrected chi connectivity index (χ2v) is 3.52. The van der Waals surface area contributed by atoms with Gasteiger partial charge in [0, 0.05) is 5.46 Å². The van der Waals surface area contributed by atoms with Gasteiger partial charge in [0.25, 0.3) is 0 Å². The third kappa shape index (κ3) is 2.91. The van der Waals surface area contributed by atoms with Crippen molar-refractivity contribution in [2.75, 3.05) is 13.7 Å². The Balaban J connectivity index is 3.24. The van der Waals surface area contributed by atoms with Gasteiger partial charge in [0.2, 0.25) is 0 Å². The maximum Gasteiger partial charge on any atom is 0.492 e. The molecule has 0 saturated heterocycles. The van der Waals surface area contributed by atoms with Crippen molar-refractivity contribution in [3.8, 4) is 5.75 Å². The lowest BCUT2D eigenvalue weighted by molar-refractivity contribution is 0.0526. The largest absolute Gasteiger partial charge is 0.496 e. The van der Waals surface area contributed by atoms with E-state index in [-0.39, 0.29) is 28.4 Å². The fourth-order valence-corrected chi connectivity index (χ4v) is 1.67. The molecule has 0 atom stereocenters. The van der Waals surface area contributed by atoms with Gasteiger partial charge < -0.3 is 19.5 Å². The Kier molecular flexibility index (Phi) is 4.80. The highest BCUT2D eigenvalue weighted by Crippen LogP contribution is 2.27. The van der Waals surface area contributed by atoms with Gasteiger partial charge in [-0.15, -0.1) is 0 Å². The molecule has 0 aromatic heterocycles. The van der Waals surface area contributed by atoms with E-state index < -0.39 is 13.1 Å². The van der Waals surface area contributed by atoms with Crippen molar-refractivity contribution in [1.82, 2.24) is 0 Å². The molecule has 0 heterocycles. The summed E-state index contributed by atoms with van der Waals surface area (Å²) in [7, 11) is -0.402. The van der Waals surface area contributed by atoms with Gasteiger partial charge in [-0.05, 0) is 13.0 Å². The molecule has 2 N–H and O–H groups in total. The zero-order chi connectivity index (χ0) is 13.0. The number of ether oxygens (including phenoxy) is 2. The minimum Gasteiger partial charge on any atom is -0.496 e. The van der Waals surface area contributed by atoms with Crippen molar-refractivity contribution in [2.45, 2.75) is 6.92 Å². The quantitative estimate of drug-likeness (QED) is 0.596. The molecule has 1 rings (SSSR count). The van der Waals surface area contributed by atoms with Crippen LogP contribution in [0.1, 0.15) is 17.3 Å². The van der Waals surface area contributed by atoms with Gasteiger partial charge in [0.1, 0.15) is 5.75 Å². The van der Waals surface area contributed by atoms with E-state index in [1.807, 2.05) is 0 Å². The van der Waals surface area contributed by atoms with Crippen LogP contribution in [0.25, 0.3) is 0 Å². The van der Waals surface area contributed by atoms with E-state index in [1.54, 1.807) is 6.92 Å². The molecular weight excluding hydrogens is 246 g/mol. The third-order valence-corrected chi connectivity index (χ3v) is 2.48. The molecule has 1 aromatic rings. The maximum absolute atomic E-state index is 11.5. The molecule has 1 aromatic carbocycles. The van der Waals surface area contributed by atoms with Crippen LogP contribution in [0.3, 0.4) is 0 Å². The molecule has 0 aliphatic carbocycles. The number of hydrogen-bond acceptors (Lipinski definition) is 5. The van der Waals surface area contributed by atoms with E-state index in [9.17, 15) is 4.79 Å². The first kappa shape index (κ1) is 13.8. The fraction of sp³-hybridized carbons (Fsp3) is 0.300. The molecule has 17 heavy (non-hydrogen) atoms. The van der Waals surface area contributed by atoms with Crippen molar-refractivity contribution >= 4 is 30.2 Å². The van der Waals surface area contributed by atoms with Crippen LogP contribution in [0.5, 0.6) is 5.75 Å². The number of methoxy groups -OCH3 is 1. The molecule has 0 fully saturated rings. The number of carbonyl (C=O) groups excluding carboxylic acids is 1. The topological polar surface area (TPSA) is 76.0 Å². The van der Waals surface area contributed by atoms with Gasteiger partial charge in [0.15, 0.2) is 0 Å². The fourth-order valence-electron chi connectivity index (χ4n) is 1.35. The molecule has 5 nitrogen and oxygen atoms in total. The Hall–Kier alpha value is -1.24. The van der Waals surface area contributed by atoms with Crippen LogP contribution in [-0.4, -0.2) is 36.9 Å². The minimum atomic E-state index is -1.72. The predicted molar refractivity (Wildman–Crippen MR) is 63.8 cm³/mol. The van der Waals surface area contributed by atoms with Crippen molar-refractivity contribution in [3.63, 3.8) is 0 Å². The van der Waals surface area contributed by atoms with Crippen molar-refractivity contribution in [2.24, 2.45) is 0 Å². The average Bonchev–Trinajstić information content (AvgIpc) is 2.28. The maximum atomic E-state index is 11.5. The van der Waals surface area contributed by atoms with E-state index in [0.29, 0.717) is 0 Å². The lowest BCUT2D eigenvalue weighted by Gasteiger charge is -2.12. The molecule has 0 bridgehead atoms. The summed E-state index contributed by atoms with van der Waals surface area (Å²) < 4.78 is 9.75. The number of halogens is 1. The first-order valence-electron chi connectivity index (χ1n) is 4.92. The van der Waals surface area contributed by atoms with Crippen LogP contribution in [0, 0.1) is 0 Å². The van der Waals surface area contributed by atoms with E-state index in [4.69, 9.17) is 31.1 Å². The summed E-state index contributed by atoms with van der Waals surface area (Å²) in [4.78, 5) is 11.5. The SMILES string of the molecule is CCOC(=O)c1ccc(B(O)O)c(OC)c1Cl. The van der Waals surface area contributed by atoms with Gasteiger partial charge in [-0.3, -0.25) is 0 Å². The molecule has 0 amide bonds. The standard InChI is InChI=1S/C10H12BClO5/c1-3-17-10(13)6-4-5-7(11(14)15)9(16-2)8(6)12/h4-5,14-15H,3H2,1-2H3. The predicted octanol–water partition coefficient (Wildman–Crippen LogP) is 0.205. The molecular formula is C10H12BClO5. The molecule has 0 spiro atoms. The van der Waals surface area contributed by atoms with E-state index in [1.165, 1.54) is 19.2 Å². The smallest absolute Gasteiger partial charge is 0.492 e. The van der Waals surface area contributed by atoms with Crippen LogP contribution in [0.2, 0.25) is 5.02 Å². The first-order valence-corrected chi connectivity index (χ1v) is 5.30. The first-order chi connectivity index (χ1) is 8.02. The molecule has 92 valence electrons. The highest BCUT2D eigenvalue weighted by atomic mass is 35.5. The van der Waals surface area contributed by atoms with Crippen LogP contribution >= 0.6 is 11.6 Å². The van der Waals surface area contributed by atoms with Crippen LogP contribution in [0.15, 0.2) is 12.1 Å². The minimum absolute atomic E-state index is 0.00319. The summed E-state index contributed by atoms with van der Waals surface area (Å²) >= 11 is 5.94. The summed E-state index contributed by atoms with van der Waals surface area (Å²) in [5.41, 5.74) is 0.209. The second-order valence-electron chi connectivity index (χ2n) is 3.14. The Morgan fingerprint density at radius 1 is 1.47 bits per heavy atom. The third-order valence-electron chi connectivity index (χ3n) is 2.11. The Morgan fingerprint density at radius 2 is 2.12 bits per heavy atom. The highest BCUT2D eigenvalue weighted by Gasteiger charge is 2.23. The number of hydrogen-bond donors (Lipinski definition) is 2. The molecule has 0 aliphatic rings. The highest BCUT2D eigenvalue weighted by molar-refractivity contribution is 6.60. The van der Waals surface area contributed by atoms with Gasteiger partial charge in [0.05, 0.1) is 24.3 Å². The molecule has 0 saturated carbocycles. The summed E-state index contributed by atoms with van der Waals surface area (Å²) in [5, 5.41) is 18.2. The summed E-state index contributed by atoms with van der Waals surface area (Å²) in [6.07, 6.45) is 0. The molecule has 0 unspecified atom stereocenters. The van der Waals surface area contributed by atoms with Crippen molar-refractivity contribution < 1.29 is 24.3 Å². The summed E-state index contributed by atoms with van der Waals surface area (Å²) in [6, 6.07) is 2.71. The van der Waals surface area contributed by atoms with Crippen LogP contribution < -0.4 is 10.2 Å². The van der Waals surface area contributed by atoms with E-state index in [0.717, 1.165) is 0 Å². The number of carbonyl (C=O) groups is 1. The van der Waals surface area contributed by atoms with Crippen molar-refractivity contribution in [3.05, 3.63) is 22.7 Å². The molecule has 0 radical (unpaired) electrons. The van der Waals surface area contributed by atoms with Gasteiger partial charge in [-0.1, -0.05) is 17.7 Å². The number of rotatable bonds is 4. The molecule has 0 aliphatic heterocycles. The second kappa shape index (κ2) is 5.91. The van der Waals surface area contributed by atoms with Gasteiger partial charge in [-0.2, -0.15) is 0 Å². The number of esters is 1. The Morgan fingerprint density at radius 3 is 2.59 bits per heavy atom. The summed E-state index contributed by atoms with van der Waals surface area (Å²) in [5.74, 6) is -0.540. The Labute approximate surface area is 104 Å². The average molecular weight is 258 g/mol. The van der Waals surface area contributed by atoms with Gasteiger partial charge >= 0.3 is 13.1 Å². The van der Waals surface area contributed by atoms with E-state index >= 15 is 0 Å². The summed E-state index contributed by atoms with van der Waals surface area (Å²) in [6.45, 7) is 1.90.